The number of carbonyl (C=O) groups excluding carboxylic acids is 2. The van der Waals surface area contributed by atoms with Gasteiger partial charge in [0.25, 0.3) is 0 Å². The van der Waals surface area contributed by atoms with Crippen LogP contribution in [-0.2, 0) is 19.6 Å². The summed E-state index contributed by atoms with van der Waals surface area (Å²) in [7, 11) is -3.59. The highest BCUT2D eigenvalue weighted by Crippen LogP contribution is 2.38. The number of hydrogen-bond donors (Lipinski definition) is 1. The Morgan fingerprint density at radius 2 is 1.84 bits per heavy atom. The molecule has 0 saturated heterocycles. The molecule has 1 unspecified atom stereocenters. The average molecular weight is 477 g/mol. The second kappa shape index (κ2) is 9.21. The minimum absolute atomic E-state index is 0.118. The highest BCUT2D eigenvalue weighted by molar-refractivity contribution is 8.00. The predicted octanol–water partition coefficient (Wildman–Crippen LogP) is 3.36. The Balaban J connectivity index is 1.82. The van der Waals surface area contributed by atoms with Gasteiger partial charge in [0.05, 0.1) is 21.7 Å². The number of thioether (sulfide) groups is 1. The van der Waals surface area contributed by atoms with Crippen LogP contribution in [0.5, 0.6) is 0 Å². The topological polar surface area (TPSA) is 99.7 Å². The lowest BCUT2D eigenvalue weighted by atomic mass is 9.96. The fourth-order valence-electron chi connectivity index (χ4n) is 3.56. The molecule has 1 atom stereocenters. The van der Waals surface area contributed by atoms with Crippen LogP contribution in [-0.4, -0.2) is 53.4 Å². The van der Waals surface area contributed by atoms with E-state index in [0.29, 0.717) is 29.5 Å². The number of rotatable bonds is 7. The molecule has 3 rings (SSSR count). The molecule has 0 fully saturated rings. The van der Waals surface area contributed by atoms with Gasteiger partial charge in [-0.25, -0.2) is 13.4 Å². The third-order valence-electron chi connectivity index (χ3n) is 5.43. The lowest BCUT2D eigenvalue weighted by Gasteiger charge is -2.43. The number of nitrogens with zero attached hydrogens (tertiary/aromatic N) is 3. The number of carbonyl (C=O) groups is 2. The molecule has 1 aromatic heterocycles. The summed E-state index contributed by atoms with van der Waals surface area (Å²) >= 11 is 1.22. The van der Waals surface area contributed by atoms with E-state index in [-0.39, 0.29) is 16.7 Å². The minimum Gasteiger partial charge on any atom is -0.322 e. The number of para-hydroxylation sites is 2. The van der Waals surface area contributed by atoms with E-state index in [9.17, 15) is 18.0 Å². The van der Waals surface area contributed by atoms with Crippen molar-refractivity contribution < 1.29 is 18.0 Å². The zero-order valence-corrected chi connectivity index (χ0v) is 20.5. The quantitative estimate of drug-likeness (QED) is 0.615. The molecule has 2 amide bonds. The Bertz CT molecular complexity index is 1110. The molecule has 1 aliphatic heterocycles. The Kier molecular flexibility index (Phi) is 6.97. The van der Waals surface area contributed by atoms with Crippen LogP contribution >= 0.6 is 11.8 Å². The van der Waals surface area contributed by atoms with Crippen molar-refractivity contribution in [3.8, 4) is 0 Å². The number of sulfonamides is 1. The molecular formula is C22H28N4O4S2. The summed E-state index contributed by atoms with van der Waals surface area (Å²) in [6.07, 6.45) is 1.32. The van der Waals surface area contributed by atoms with Crippen LogP contribution in [0, 0.1) is 0 Å². The van der Waals surface area contributed by atoms with E-state index in [0.717, 1.165) is 0 Å². The van der Waals surface area contributed by atoms with Gasteiger partial charge in [-0.2, -0.15) is 4.31 Å². The van der Waals surface area contributed by atoms with Gasteiger partial charge in [-0.15, -0.1) is 0 Å². The number of fused-ring (bicyclic) bond motifs is 1. The van der Waals surface area contributed by atoms with Crippen LogP contribution in [0.1, 0.15) is 34.6 Å². The van der Waals surface area contributed by atoms with Crippen molar-refractivity contribution >= 4 is 45.0 Å². The first-order valence-corrected chi connectivity index (χ1v) is 12.7. The fourth-order valence-corrected chi connectivity index (χ4v) is 5.79. The van der Waals surface area contributed by atoms with Crippen molar-refractivity contribution in [3.63, 3.8) is 0 Å². The Morgan fingerprint density at radius 3 is 2.44 bits per heavy atom. The van der Waals surface area contributed by atoms with E-state index in [4.69, 9.17) is 0 Å². The largest absolute Gasteiger partial charge is 0.322 e. The molecule has 10 heteroatoms. The first kappa shape index (κ1) is 24.2. The molecule has 172 valence electrons. The summed E-state index contributed by atoms with van der Waals surface area (Å²) in [5, 5.41) is 2.82. The Labute approximate surface area is 193 Å². The molecule has 1 N–H and O–H groups in total. The number of aromatic nitrogens is 1. The number of nitrogens with one attached hydrogen (secondary N) is 1. The standard InChI is InChI=1S/C22H28N4O4S2/c1-6-25(7-2)32(29,30)16-12-13-19(23-14-16)31-15(3)20(27)26-18-11-9-8-10-17(18)24-21(28)22(26,4)5/h8-15H,6-7H2,1-5H3,(H,24,28). The Morgan fingerprint density at radius 1 is 1.19 bits per heavy atom. The molecule has 0 saturated carbocycles. The molecule has 0 bridgehead atoms. The van der Waals surface area contributed by atoms with Crippen molar-refractivity contribution in [2.24, 2.45) is 0 Å². The number of amides is 2. The molecule has 1 aromatic carbocycles. The zero-order chi connectivity index (χ0) is 23.7. The monoisotopic (exact) mass is 476 g/mol. The summed E-state index contributed by atoms with van der Waals surface area (Å²) in [5.74, 6) is -0.491. The maximum atomic E-state index is 13.4. The summed E-state index contributed by atoms with van der Waals surface area (Å²) in [6.45, 7) is 9.49. The van der Waals surface area contributed by atoms with Gasteiger partial charge >= 0.3 is 0 Å². The van der Waals surface area contributed by atoms with E-state index in [1.807, 2.05) is 6.07 Å². The lowest BCUT2D eigenvalue weighted by Crippen LogP contribution is -2.60. The first-order chi connectivity index (χ1) is 15.0. The van der Waals surface area contributed by atoms with Crippen LogP contribution < -0.4 is 10.2 Å². The van der Waals surface area contributed by atoms with E-state index < -0.39 is 20.8 Å². The summed E-state index contributed by atoms with van der Waals surface area (Å²) < 4.78 is 26.6. The molecule has 2 heterocycles. The van der Waals surface area contributed by atoms with Crippen molar-refractivity contribution in [2.45, 2.75) is 55.3 Å². The molecule has 0 spiro atoms. The van der Waals surface area contributed by atoms with Crippen molar-refractivity contribution in [1.82, 2.24) is 9.29 Å². The fraction of sp³-hybridized carbons (Fsp3) is 0.409. The van der Waals surface area contributed by atoms with E-state index in [1.165, 1.54) is 33.2 Å². The van der Waals surface area contributed by atoms with Gasteiger partial charge in [0.15, 0.2) is 0 Å². The van der Waals surface area contributed by atoms with Crippen molar-refractivity contribution in [2.75, 3.05) is 23.3 Å². The smallest absolute Gasteiger partial charge is 0.250 e. The summed E-state index contributed by atoms with van der Waals surface area (Å²) in [4.78, 5) is 31.9. The molecule has 0 radical (unpaired) electrons. The lowest BCUT2D eigenvalue weighted by molar-refractivity contribution is -0.126. The van der Waals surface area contributed by atoms with Crippen molar-refractivity contribution in [1.29, 1.82) is 0 Å². The van der Waals surface area contributed by atoms with Gasteiger partial charge in [0.1, 0.15) is 10.4 Å². The van der Waals surface area contributed by atoms with E-state index in [1.54, 1.807) is 58.9 Å². The molecule has 32 heavy (non-hydrogen) atoms. The van der Waals surface area contributed by atoms with Gasteiger partial charge in [0, 0.05) is 19.3 Å². The maximum Gasteiger partial charge on any atom is 0.250 e. The summed E-state index contributed by atoms with van der Waals surface area (Å²) in [5.41, 5.74) is 0.171. The van der Waals surface area contributed by atoms with Crippen LogP contribution in [0.4, 0.5) is 11.4 Å². The Hall–Kier alpha value is -2.43. The predicted molar refractivity (Wildman–Crippen MR) is 126 cm³/mol. The third-order valence-corrected chi connectivity index (χ3v) is 8.50. The zero-order valence-electron chi connectivity index (χ0n) is 18.8. The molecule has 8 nitrogen and oxygen atoms in total. The van der Waals surface area contributed by atoms with Gasteiger partial charge in [-0.1, -0.05) is 37.7 Å². The van der Waals surface area contributed by atoms with Crippen LogP contribution in [0.3, 0.4) is 0 Å². The third kappa shape index (κ3) is 4.39. The normalized spacial score (nSPS) is 16.4. The highest BCUT2D eigenvalue weighted by Gasteiger charge is 2.44. The number of hydrogen-bond acceptors (Lipinski definition) is 6. The molecule has 0 aliphatic carbocycles. The van der Waals surface area contributed by atoms with Gasteiger partial charge in [-0.3, -0.25) is 14.5 Å². The molecular weight excluding hydrogens is 448 g/mol. The van der Waals surface area contributed by atoms with Crippen LogP contribution in [0.2, 0.25) is 0 Å². The average Bonchev–Trinajstić information content (AvgIpc) is 2.75. The maximum absolute atomic E-state index is 13.4. The molecule has 1 aliphatic rings. The second-order valence-electron chi connectivity index (χ2n) is 7.89. The van der Waals surface area contributed by atoms with Crippen molar-refractivity contribution in [3.05, 3.63) is 42.6 Å². The highest BCUT2D eigenvalue weighted by atomic mass is 32.2. The second-order valence-corrected chi connectivity index (χ2v) is 11.2. The summed E-state index contributed by atoms with van der Waals surface area (Å²) in [6, 6.07) is 10.3. The van der Waals surface area contributed by atoms with Gasteiger partial charge < -0.3 is 5.32 Å². The minimum atomic E-state index is -3.59. The van der Waals surface area contributed by atoms with Crippen LogP contribution in [0.15, 0.2) is 52.5 Å². The van der Waals surface area contributed by atoms with Crippen LogP contribution in [0.25, 0.3) is 0 Å². The number of benzene rings is 1. The molecule has 2 aromatic rings. The SMILES string of the molecule is CCN(CC)S(=O)(=O)c1ccc(SC(C)C(=O)N2c3ccccc3NC(=O)C2(C)C)nc1. The number of anilines is 2. The number of pyridine rings is 1. The van der Waals surface area contributed by atoms with E-state index in [2.05, 4.69) is 10.3 Å². The van der Waals surface area contributed by atoms with Gasteiger partial charge in [0.2, 0.25) is 21.8 Å². The first-order valence-electron chi connectivity index (χ1n) is 10.4. The van der Waals surface area contributed by atoms with E-state index >= 15 is 0 Å². The van der Waals surface area contributed by atoms with Gasteiger partial charge in [-0.05, 0) is 45.0 Å².